The fourth-order valence-electron chi connectivity index (χ4n) is 5.87. The van der Waals surface area contributed by atoms with Crippen molar-refractivity contribution >= 4 is 23.3 Å². The van der Waals surface area contributed by atoms with E-state index in [1.165, 1.54) is 6.20 Å². The summed E-state index contributed by atoms with van der Waals surface area (Å²) in [6.07, 6.45) is 2.61. The fraction of sp³-hybridized carbons (Fsp3) is 0.382. The number of alkyl halides is 1. The van der Waals surface area contributed by atoms with Crippen LogP contribution in [0.3, 0.4) is 0 Å². The molecule has 2 aliphatic heterocycles. The Bertz CT molecular complexity index is 1540. The summed E-state index contributed by atoms with van der Waals surface area (Å²) in [5.41, 5.74) is 3.93. The quantitative estimate of drug-likeness (QED) is 0.395. The van der Waals surface area contributed by atoms with Gasteiger partial charge in [-0.25, -0.2) is 4.39 Å². The van der Waals surface area contributed by atoms with E-state index in [4.69, 9.17) is 5.26 Å². The van der Waals surface area contributed by atoms with Crippen LogP contribution in [0.2, 0.25) is 0 Å². The van der Waals surface area contributed by atoms with Crippen molar-refractivity contribution in [2.45, 2.75) is 38.0 Å². The van der Waals surface area contributed by atoms with Gasteiger partial charge in [0, 0.05) is 69.2 Å². The van der Waals surface area contributed by atoms with Crippen molar-refractivity contribution in [1.29, 1.82) is 5.26 Å². The van der Waals surface area contributed by atoms with Crippen LogP contribution < -0.4 is 10.2 Å². The van der Waals surface area contributed by atoms with Gasteiger partial charge in [-0.3, -0.25) is 24.3 Å². The molecular formula is C34H35FN6O3. The lowest BCUT2D eigenvalue weighted by molar-refractivity contribution is 0.0736. The monoisotopic (exact) mass is 594 g/mol. The Morgan fingerprint density at radius 2 is 1.59 bits per heavy atom. The Morgan fingerprint density at radius 1 is 0.886 bits per heavy atom. The average Bonchev–Trinajstić information content (AvgIpc) is 3.92. The number of piperazine rings is 1. The highest BCUT2D eigenvalue weighted by Crippen LogP contribution is 2.33. The van der Waals surface area contributed by atoms with Crippen LogP contribution in [0, 0.1) is 17.2 Å². The van der Waals surface area contributed by atoms with Crippen molar-refractivity contribution in [2.24, 2.45) is 5.92 Å². The second-order valence-electron chi connectivity index (χ2n) is 11.8. The number of amides is 2. The topological polar surface area (TPSA) is 110 Å². The number of aromatic nitrogens is 1. The van der Waals surface area contributed by atoms with Crippen molar-refractivity contribution in [3.05, 3.63) is 94.8 Å². The number of hydrogen-bond acceptors (Lipinski definition) is 7. The van der Waals surface area contributed by atoms with E-state index in [0.717, 1.165) is 29.7 Å². The highest BCUT2D eigenvalue weighted by molar-refractivity contribution is 5.99. The number of ketones is 1. The number of carbonyl (C=O) groups excluding carboxylic acids is 3. The van der Waals surface area contributed by atoms with E-state index in [-0.39, 0.29) is 35.4 Å². The molecule has 1 N–H and O–H groups in total. The minimum absolute atomic E-state index is 0.194. The SMILES string of the molecule is N#Cc1ccc(CN2CC[C@@H](NC(=O)c3ccc(C(=O)N4CCN(c5ccc(C(=O)C6CC6)cc5)CC4)nc3)[C@H](F)C2)cc1. The van der Waals surface area contributed by atoms with Crippen LogP contribution in [0.4, 0.5) is 10.1 Å². The fourth-order valence-corrected chi connectivity index (χ4v) is 5.87. The second kappa shape index (κ2) is 12.9. The summed E-state index contributed by atoms with van der Waals surface area (Å²) >= 11 is 0. The van der Waals surface area contributed by atoms with Gasteiger partial charge in [-0.15, -0.1) is 0 Å². The van der Waals surface area contributed by atoms with Gasteiger partial charge < -0.3 is 15.1 Å². The molecule has 1 aromatic heterocycles. The van der Waals surface area contributed by atoms with E-state index < -0.39 is 18.1 Å². The molecule has 1 saturated carbocycles. The number of halogens is 1. The van der Waals surface area contributed by atoms with E-state index in [0.29, 0.717) is 51.3 Å². The molecule has 2 saturated heterocycles. The first kappa shape index (κ1) is 29.5. The van der Waals surface area contributed by atoms with Crippen LogP contribution in [0.25, 0.3) is 0 Å². The molecule has 0 bridgehead atoms. The standard InChI is InChI=1S/C34H35FN6O3/c35-29-22-39(21-24-3-1-23(19-36)2-4-24)14-13-30(29)38-33(43)27-9-12-31(37-20-27)34(44)41-17-15-40(16-18-41)28-10-7-26(8-11-28)32(42)25-5-6-25/h1-4,7-12,20,25,29-30H,5-6,13-18,21-22H2,(H,38,43)/t29-,30-/m1/s1. The summed E-state index contributed by atoms with van der Waals surface area (Å²) in [4.78, 5) is 48.5. The van der Waals surface area contributed by atoms with Crippen molar-refractivity contribution in [2.75, 3.05) is 44.2 Å². The molecule has 2 amide bonds. The largest absolute Gasteiger partial charge is 0.368 e. The van der Waals surface area contributed by atoms with E-state index in [1.807, 2.05) is 41.3 Å². The highest BCUT2D eigenvalue weighted by Gasteiger charge is 2.32. The molecular weight excluding hydrogens is 559 g/mol. The lowest BCUT2D eigenvalue weighted by Gasteiger charge is -2.36. The number of likely N-dealkylation sites (tertiary alicyclic amines) is 1. The van der Waals surface area contributed by atoms with Crippen LogP contribution in [0.15, 0.2) is 66.9 Å². The highest BCUT2D eigenvalue weighted by atomic mass is 19.1. The molecule has 44 heavy (non-hydrogen) atoms. The van der Waals surface area contributed by atoms with Crippen LogP contribution >= 0.6 is 0 Å². The Balaban J connectivity index is 0.963. The lowest BCUT2D eigenvalue weighted by Crippen LogP contribution is -2.52. The average molecular weight is 595 g/mol. The smallest absolute Gasteiger partial charge is 0.272 e. The normalized spacial score (nSPS) is 20.5. The number of rotatable bonds is 8. The number of benzene rings is 2. The van der Waals surface area contributed by atoms with E-state index in [1.54, 1.807) is 29.2 Å². The van der Waals surface area contributed by atoms with Crippen LogP contribution in [0.1, 0.15) is 61.6 Å². The number of carbonyl (C=O) groups is 3. The molecule has 2 aromatic carbocycles. The molecule has 3 fully saturated rings. The van der Waals surface area contributed by atoms with E-state index in [2.05, 4.69) is 21.3 Å². The summed E-state index contributed by atoms with van der Waals surface area (Å²) in [7, 11) is 0. The molecule has 2 atom stereocenters. The minimum Gasteiger partial charge on any atom is -0.368 e. The summed E-state index contributed by atoms with van der Waals surface area (Å²) < 4.78 is 15.0. The summed E-state index contributed by atoms with van der Waals surface area (Å²) in [6, 6.07) is 19.6. The molecule has 6 rings (SSSR count). The van der Waals surface area contributed by atoms with Gasteiger partial charge in [0.25, 0.3) is 11.8 Å². The maximum atomic E-state index is 15.0. The van der Waals surface area contributed by atoms with Crippen LogP contribution in [0.5, 0.6) is 0 Å². The number of nitrogens with zero attached hydrogens (tertiary/aromatic N) is 5. The Labute approximate surface area is 256 Å². The molecule has 1 aliphatic carbocycles. The molecule has 10 heteroatoms. The predicted molar refractivity (Wildman–Crippen MR) is 163 cm³/mol. The van der Waals surface area contributed by atoms with Gasteiger partial charge in [-0.1, -0.05) is 12.1 Å². The van der Waals surface area contributed by atoms with Crippen molar-refractivity contribution in [1.82, 2.24) is 20.1 Å². The zero-order valence-corrected chi connectivity index (χ0v) is 24.5. The van der Waals surface area contributed by atoms with E-state index >= 15 is 4.39 Å². The molecule has 9 nitrogen and oxygen atoms in total. The third-order valence-electron chi connectivity index (χ3n) is 8.71. The predicted octanol–water partition coefficient (Wildman–Crippen LogP) is 3.85. The number of anilines is 1. The number of pyridine rings is 1. The van der Waals surface area contributed by atoms with E-state index in [9.17, 15) is 14.4 Å². The minimum atomic E-state index is -1.22. The van der Waals surface area contributed by atoms with Crippen LogP contribution in [-0.2, 0) is 6.54 Å². The number of piperidine rings is 1. The van der Waals surface area contributed by atoms with Gasteiger partial charge in [0.05, 0.1) is 23.2 Å². The maximum Gasteiger partial charge on any atom is 0.272 e. The second-order valence-corrected chi connectivity index (χ2v) is 11.8. The van der Waals surface area contributed by atoms with Crippen LogP contribution in [-0.4, -0.2) is 83.9 Å². The number of nitrogens with one attached hydrogen (secondary N) is 1. The third kappa shape index (κ3) is 6.79. The first-order chi connectivity index (χ1) is 21.4. The first-order valence-electron chi connectivity index (χ1n) is 15.2. The summed E-state index contributed by atoms with van der Waals surface area (Å²) in [5, 5.41) is 11.8. The van der Waals surface area contributed by atoms with Gasteiger partial charge in [0.2, 0.25) is 0 Å². The molecule has 0 radical (unpaired) electrons. The Morgan fingerprint density at radius 3 is 2.20 bits per heavy atom. The number of hydrogen-bond donors (Lipinski definition) is 1. The van der Waals surface area contributed by atoms with Gasteiger partial charge in [0.15, 0.2) is 5.78 Å². The van der Waals surface area contributed by atoms with Crippen molar-refractivity contribution in [3.8, 4) is 6.07 Å². The Hall–Kier alpha value is -4.62. The van der Waals surface area contributed by atoms with Gasteiger partial charge in [-0.2, -0.15) is 5.26 Å². The molecule has 3 aliphatic rings. The molecule has 3 aromatic rings. The van der Waals surface area contributed by atoms with Gasteiger partial charge in [0.1, 0.15) is 11.9 Å². The van der Waals surface area contributed by atoms with Gasteiger partial charge in [-0.05, 0) is 73.4 Å². The lowest BCUT2D eigenvalue weighted by atomic mass is 10.0. The van der Waals surface area contributed by atoms with Gasteiger partial charge >= 0.3 is 0 Å². The summed E-state index contributed by atoms with van der Waals surface area (Å²) in [5.74, 6) is -0.179. The zero-order chi connectivity index (χ0) is 30.6. The maximum absolute atomic E-state index is 15.0. The Kier molecular flexibility index (Phi) is 8.66. The zero-order valence-electron chi connectivity index (χ0n) is 24.5. The molecule has 0 unspecified atom stereocenters. The number of nitriles is 1. The van der Waals surface area contributed by atoms with Crippen molar-refractivity contribution < 1.29 is 18.8 Å². The molecule has 226 valence electrons. The first-order valence-corrected chi connectivity index (χ1v) is 15.2. The number of Topliss-reactive ketones (excluding diaryl/α,β-unsaturated/α-hetero) is 1. The third-order valence-corrected chi connectivity index (χ3v) is 8.71. The molecule has 0 spiro atoms. The van der Waals surface area contributed by atoms with Crippen molar-refractivity contribution in [3.63, 3.8) is 0 Å². The summed E-state index contributed by atoms with van der Waals surface area (Å²) in [6.45, 7) is 3.82. The molecule has 3 heterocycles.